The van der Waals surface area contributed by atoms with Gasteiger partial charge in [0, 0.05) is 16.1 Å². The Hall–Kier alpha value is -1.55. The van der Waals surface area contributed by atoms with E-state index in [-0.39, 0.29) is 43.8 Å². The summed E-state index contributed by atoms with van der Waals surface area (Å²) in [7, 11) is 0. The third-order valence-corrected chi connectivity index (χ3v) is 13.4. The topological polar surface area (TPSA) is 60.7 Å². The summed E-state index contributed by atoms with van der Waals surface area (Å²) >= 11 is 1.95. The molecule has 1 aromatic rings. The van der Waals surface area contributed by atoms with Crippen molar-refractivity contribution in [1.82, 2.24) is 0 Å². The van der Waals surface area contributed by atoms with Crippen molar-refractivity contribution in [3.8, 4) is 11.5 Å². The van der Waals surface area contributed by atoms with Crippen LogP contribution in [0.25, 0.3) is 0 Å². The molecule has 0 amide bonds. The first kappa shape index (κ1) is 27.0. The van der Waals surface area contributed by atoms with Gasteiger partial charge in [-0.05, 0) is 102 Å². The lowest BCUT2D eigenvalue weighted by Gasteiger charge is -2.70. The molecule has 0 bridgehead atoms. The lowest BCUT2D eigenvalue weighted by Crippen LogP contribution is -2.62. The molecule has 0 spiro atoms. The molecule has 4 aliphatic carbocycles. The van der Waals surface area contributed by atoms with Gasteiger partial charge in [-0.15, -0.1) is 11.8 Å². The lowest BCUT2D eigenvalue weighted by atomic mass is 9.34. The molecule has 5 rings (SSSR count). The molecule has 4 heteroatoms. The van der Waals surface area contributed by atoms with Gasteiger partial charge in [-0.3, -0.25) is 0 Å². The summed E-state index contributed by atoms with van der Waals surface area (Å²) in [5.74, 6) is 0.904. The summed E-state index contributed by atoms with van der Waals surface area (Å²) in [5.41, 5.74) is 4.83. The summed E-state index contributed by atoms with van der Waals surface area (Å²) in [6.45, 7) is 22.7. The van der Waals surface area contributed by atoms with Crippen LogP contribution in [0.2, 0.25) is 0 Å². The van der Waals surface area contributed by atoms with E-state index in [2.05, 4.69) is 61.1 Å². The smallest absolute Gasteiger partial charge is 0.160 e. The van der Waals surface area contributed by atoms with Crippen LogP contribution < -0.4 is 0 Å². The standard InChI is InChI=1S/C33H48O3S/c1-19(2)37-24-17-25-31(7,22-16-23(35)28(36)20(3)27(22)24)13-15-33(9)26-18-30(6,21(4)34)11-10-29(26,5)12-14-32(25,33)8/h16-17,19,24,26,34-36H,4,10-15,18H2,1-3,5-9H3/t24?,26-,29-,30-,31+,32-,33+/m1/s1. The number of phenols is 2. The molecule has 0 heterocycles. The quantitative estimate of drug-likeness (QED) is 0.209. The van der Waals surface area contributed by atoms with E-state index in [1.165, 1.54) is 24.0 Å². The zero-order valence-corrected chi connectivity index (χ0v) is 25.1. The molecule has 37 heavy (non-hydrogen) atoms. The van der Waals surface area contributed by atoms with Gasteiger partial charge in [0.15, 0.2) is 11.5 Å². The second-order valence-corrected chi connectivity index (χ2v) is 16.2. The van der Waals surface area contributed by atoms with Crippen molar-refractivity contribution in [2.45, 2.75) is 116 Å². The number of fused-ring (bicyclic) bond motifs is 7. The predicted molar refractivity (Wildman–Crippen MR) is 155 cm³/mol. The number of benzene rings is 1. The van der Waals surface area contributed by atoms with Crippen LogP contribution in [0.5, 0.6) is 11.5 Å². The van der Waals surface area contributed by atoms with E-state index in [9.17, 15) is 15.3 Å². The number of aromatic hydroxyl groups is 2. The van der Waals surface area contributed by atoms with Gasteiger partial charge in [0.2, 0.25) is 0 Å². The number of hydrogen-bond acceptors (Lipinski definition) is 4. The van der Waals surface area contributed by atoms with Gasteiger partial charge in [-0.1, -0.05) is 66.7 Å². The summed E-state index contributed by atoms with van der Waals surface area (Å²) in [5, 5.41) is 32.7. The molecule has 0 aromatic heterocycles. The highest BCUT2D eigenvalue weighted by Crippen LogP contribution is 2.75. The van der Waals surface area contributed by atoms with Crippen LogP contribution in [0.4, 0.5) is 0 Å². The Morgan fingerprint density at radius 2 is 1.65 bits per heavy atom. The predicted octanol–water partition coefficient (Wildman–Crippen LogP) is 9.27. The van der Waals surface area contributed by atoms with E-state index in [0.29, 0.717) is 16.9 Å². The molecule has 3 N–H and O–H groups in total. The van der Waals surface area contributed by atoms with E-state index < -0.39 is 0 Å². The minimum atomic E-state index is -0.212. The van der Waals surface area contributed by atoms with Crippen LogP contribution in [0.15, 0.2) is 30.1 Å². The SMILES string of the molecule is C=C(O)[C@]1(C)CC[C@]2(C)CC[C@]3(C)C4=CC(SC(C)C)c5c(cc(O)c(O)c5C)[C@]4(C)CC[C@@]3(C)[C@@H]2C1. The minimum Gasteiger partial charge on any atom is -0.512 e. The van der Waals surface area contributed by atoms with Crippen LogP contribution in [0.1, 0.15) is 115 Å². The number of rotatable bonds is 3. The molecular formula is C33H48O3S. The number of phenolic OH excluding ortho intramolecular Hbond substituents is 2. The Labute approximate surface area is 228 Å². The highest BCUT2D eigenvalue weighted by atomic mass is 32.2. The second kappa shape index (κ2) is 8.23. The first-order chi connectivity index (χ1) is 17.0. The number of aliphatic hydroxyl groups excluding tert-OH is 1. The summed E-state index contributed by atoms with van der Waals surface area (Å²) in [4.78, 5) is 0. The third-order valence-electron chi connectivity index (χ3n) is 12.2. The Morgan fingerprint density at radius 1 is 1.00 bits per heavy atom. The average Bonchev–Trinajstić information content (AvgIpc) is 2.81. The highest BCUT2D eigenvalue weighted by Gasteiger charge is 2.67. The summed E-state index contributed by atoms with van der Waals surface area (Å²) in [6.07, 6.45) is 10.3. The van der Waals surface area contributed by atoms with Crippen LogP contribution in [0.3, 0.4) is 0 Å². The molecule has 3 nitrogen and oxygen atoms in total. The molecule has 0 saturated heterocycles. The van der Waals surface area contributed by atoms with Crippen LogP contribution >= 0.6 is 11.8 Å². The summed E-state index contributed by atoms with van der Waals surface area (Å²) < 4.78 is 0. The van der Waals surface area contributed by atoms with Gasteiger partial charge < -0.3 is 15.3 Å². The first-order valence-corrected chi connectivity index (χ1v) is 15.3. The molecule has 1 unspecified atom stereocenters. The first-order valence-electron chi connectivity index (χ1n) is 14.3. The van der Waals surface area contributed by atoms with Crippen LogP contribution in [-0.4, -0.2) is 20.6 Å². The van der Waals surface area contributed by atoms with Crippen LogP contribution in [-0.2, 0) is 5.41 Å². The lowest BCUT2D eigenvalue weighted by molar-refractivity contribution is -0.157. The van der Waals surface area contributed by atoms with E-state index in [1.54, 1.807) is 5.57 Å². The Kier molecular flexibility index (Phi) is 6.01. The van der Waals surface area contributed by atoms with Gasteiger partial charge >= 0.3 is 0 Å². The molecule has 4 aliphatic rings. The Bertz CT molecular complexity index is 1180. The fourth-order valence-electron chi connectivity index (χ4n) is 9.35. The molecule has 0 radical (unpaired) electrons. The van der Waals surface area contributed by atoms with Crippen molar-refractivity contribution in [2.24, 2.45) is 27.6 Å². The maximum Gasteiger partial charge on any atom is 0.160 e. The van der Waals surface area contributed by atoms with Crippen molar-refractivity contribution in [2.75, 3.05) is 0 Å². The monoisotopic (exact) mass is 524 g/mol. The van der Waals surface area contributed by atoms with Gasteiger partial charge in [0.25, 0.3) is 0 Å². The zero-order chi connectivity index (χ0) is 27.3. The Balaban J connectivity index is 1.69. The fourth-order valence-corrected chi connectivity index (χ4v) is 10.6. The fraction of sp³-hybridized carbons (Fsp3) is 0.697. The number of allylic oxidation sites excluding steroid dienone is 2. The largest absolute Gasteiger partial charge is 0.512 e. The maximum atomic E-state index is 10.8. The van der Waals surface area contributed by atoms with E-state index in [0.717, 1.165) is 37.7 Å². The van der Waals surface area contributed by atoms with Crippen molar-refractivity contribution in [3.63, 3.8) is 0 Å². The molecule has 1 aromatic carbocycles. The highest BCUT2D eigenvalue weighted by molar-refractivity contribution is 8.00. The number of thioether (sulfide) groups is 1. The molecule has 204 valence electrons. The maximum absolute atomic E-state index is 10.8. The minimum absolute atomic E-state index is 0.00577. The van der Waals surface area contributed by atoms with Crippen molar-refractivity contribution < 1.29 is 15.3 Å². The van der Waals surface area contributed by atoms with Crippen molar-refractivity contribution in [1.29, 1.82) is 0 Å². The van der Waals surface area contributed by atoms with Gasteiger partial charge in [-0.2, -0.15) is 0 Å². The molecule has 7 atom stereocenters. The number of aliphatic hydroxyl groups is 1. The second-order valence-electron chi connectivity index (χ2n) is 14.5. The van der Waals surface area contributed by atoms with Gasteiger partial charge in [0.1, 0.15) is 0 Å². The average molecular weight is 525 g/mol. The molecule has 3 fully saturated rings. The molecule has 3 saturated carbocycles. The Morgan fingerprint density at radius 3 is 2.27 bits per heavy atom. The number of hydrogen-bond donors (Lipinski definition) is 3. The third kappa shape index (κ3) is 3.52. The van der Waals surface area contributed by atoms with Gasteiger partial charge in [-0.25, -0.2) is 0 Å². The van der Waals surface area contributed by atoms with E-state index in [1.807, 2.05) is 24.8 Å². The summed E-state index contributed by atoms with van der Waals surface area (Å²) in [6, 6.07) is 1.88. The van der Waals surface area contributed by atoms with Crippen LogP contribution in [0, 0.1) is 34.5 Å². The van der Waals surface area contributed by atoms with Crippen molar-refractivity contribution >= 4 is 11.8 Å². The van der Waals surface area contributed by atoms with E-state index in [4.69, 9.17) is 0 Å². The van der Waals surface area contributed by atoms with E-state index >= 15 is 0 Å². The molecule has 0 aliphatic heterocycles. The zero-order valence-electron chi connectivity index (χ0n) is 24.3. The normalized spacial score (nSPS) is 42.8. The molecular weight excluding hydrogens is 476 g/mol. The van der Waals surface area contributed by atoms with Crippen molar-refractivity contribution in [3.05, 3.63) is 46.7 Å². The van der Waals surface area contributed by atoms with Gasteiger partial charge in [0.05, 0.1) is 5.76 Å².